The molecular formula is C17H24N4O. The summed E-state index contributed by atoms with van der Waals surface area (Å²) in [7, 11) is 3.75. The van der Waals surface area contributed by atoms with Crippen LogP contribution in [0.5, 0.6) is 5.75 Å². The second-order valence-corrected chi connectivity index (χ2v) is 5.75. The second kappa shape index (κ2) is 6.94. The van der Waals surface area contributed by atoms with Crippen molar-refractivity contribution in [1.82, 2.24) is 20.0 Å². The van der Waals surface area contributed by atoms with E-state index in [2.05, 4.69) is 28.4 Å². The molecule has 0 radical (unpaired) electrons. The highest BCUT2D eigenvalue weighted by Crippen LogP contribution is 2.23. The van der Waals surface area contributed by atoms with Crippen molar-refractivity contribution in [3.8, 4) is 11.4 Å². The lowest BCUT2D eigenvalue weighted by Gasteiger charge is -2.31. The zero-order valence-electron chi connectivity index (χ0n) is 13.3. The number of hydrogen-bond acceptors (Lipinski definition) is 4. The van der Waals surface area contributed by atoms with Crippen molar-refractivity contribution in [3.05, 3.63) is 42.2 Å². The maximum Gasteiger partial charge on any atom is 0.144 e. The van der Waals surface area contributed by atoms with Crippen LogP contribution in [-0.4, -0.2) is 48.0 Å². The predicted molar refractivity (Wildman–Crippen MR) is 87.5 cm³/mol. The molecular weight excluding hydrogens is 276 g/mol. The summed E-state index contributed by atoms with van der Waals surface area (Å²) in [5, 5.41) is 7.86. The number of ether oxygens (including phenoxy) is 1. The van der Waals surface area contributed by atoms with Crippen LogP contribution in [0, 0.1) is 0 Å². The molecule has 0 spiro atoms. The summed E-state index contributed by atoms with van der Waals surface area (Å²) in [4.78, 5) is 2.50. The van der Waals surface area contributed by atoms with Gasteiger partial charge < -0.3 is 10.1 Å². The first-order valence-corrected chi connectivity index (χ1v) is 7.87. The van der Waals surface area contributed by atoms with E-state index in [1.807, 2.05) is 35.1 Å². The van der Waals surface area contributed by atoms with E-state index in [4.69, 9.17) is 4.74 Å². The maximum absolute atomic E-state index is 5.46. The number of nitrogens with zero attached hydrogens (tertiary/aromatic N) is 3. The zero-order chi connectivity index (χ0) is 15.4. The molecule has 1 aromatic heterocycles. The van der Waals surface area contributed by atoms with Gasteiger partial charge in [-0.05, 0) is 38.1 Å². The molecule has 0 amide bonds. The molecule has 5 nitrogen and oxygen atoms in total. The third-order valence-corrected chi connectivity index (χ3v) is 4.42. The Balaban J connectivity index is 1.75. The highest BCUT2D eigenvalue weighted by atomic mass is 16.5. The van der Waals surface area contributed by atoms with Crippen molar-refractivity contribution in [3.63, 3.8) is 0 Å². The number of nitrogens with one attached hydrogen (secondary N) is 1. The van der Waals surface area contributed by atoms with Crippen LogP contribution < -0.4 is 10.1 Å². The minimum absolute atomic E-state index is 0.662. The molecule has 1 saturated heterocycles. The third kappa shape index (κ3) is 3.15. The first-order chi connectivity index (χ1) is 10.8. The molecule has 3 rings (SSSR count). The van der Waals surface area contributed by atoms with Gasteiger partial charge in [0.05, 0.1) is 12.8 Å². The molecule has 1 aliphatic rings. The largest absolute Gasteiger partial charge is 0.494 e. The van der Waals surface area contributed by atoms with Crippen LogP contribution in [0.1, 0.15) is 18.5 Å². The van der Waals surface area contributed by atoms with E-state index in [0.29, 0.717) is 6.04 Å². The molecule has 1 N–H and O–H groups in total. The van der Waals surface area contributed by atoms with E-state index in [1.54, 1.807) is 7.11 Å². The van der Waals surface area contributed by atoms with E-state index in [9.17, 15) is 0 Å². The van der Waals surface area contributed by atoms with Crippen molar-refractivity contribution in [2.45, 2.75) is 25.4 Å². The average Bonchev–Trinajstić information content (AvgIpc) is 3.03. The number of aromatic nitrogens is 2. The van der Waals surface area contributed by atoms with Crippen LogP contribution in [0.2, 0.25) is 0 Å². The molecule has 0 aliphatic carbocycles. The van der Waals surface area contributed by atoms with Gasteiger partial charge in [0.1, 0.15) is 11.4 Å². The Morgan fingerprint density at radius 3 is 2.73 bits per heavy atom. The maximum atomic E-state index is 5.46. The number of rotatable bonds is 5. The van der Waals surface area contributed by atoms with Crippen molar-refractivity contribution in [2.75, 3.05) is 27.2 Å². The Morgan fingerprint density at radius 2 is 2.00 bits per heavy atom. The first kappa shape index (κ1) is 15.1. The summed E-state index contributed by atoms with van der Waals surface area (Å²) < 4.78 is 7.45. The number of para-hydroxylation sites is 2. The van der Waals surface area contributed by atoms with Crippen LogP contribution in [0.3, 0.4) is 0 Å². The number of methoxy groups -OCH3 is 1. The van der Waals surface area contributed by atoms with Crippen LogP contribution in [0.15, 0.2) is 36.5 Å². The van der Waals surface area contributed by atoms with Gasteiger partial charge in [-0.1, -0.05) is 12.1 Å². The summed E-state index contributed by atoms with van der Waals surface area (Å²) in [6.45, 7) is 3.18. The Kier molecular flexibility index (Phi) is 4.75. The molecule has 0 saturated carbocycles. The number of likely N-dealkylation sites (tertiary alicyclic amines) is 1. The van der Waals surface area contributed by atoms with Crippen LogP contribution >= 0.6 is 0 Å². The molecule has 2 heterocycles. The smallest absolute Gasteiger partial charge is 0.144 e. The van der Waals surface area contributed by atoms with Crippen LogP contribution in [0.4, 0.5) is 0 Å². The Morgan fingerprint density at radius 1 is 1.23 bits per heavy atom. The summed E-state index contributed by atoms with van der Waals surface area (Å²) in [6.07, 6.45) is 4.28. The molecule has 22 heavy (non-hydrogen) atoms. The Labute approximate surface area is 131 Å². The van der Waals surface area contributed by atoms with E-state index >= 15 is 0 Å². The van der Waals surface area contributed by atoms with Crippen molar-refractivity contribution in [2.24, 2.45) is 0 Å². The number of benzene rings is 1. The molecule has 1 fully saturated rings. The van der Waals surface area contributed by atoms with Gasteiger partial charge in [0.2, 0.25) is 0 Å². The van der Waals surface area contributed by atoms with E-state index in [0.717, 1.165) is 31.1 Å². The van der Waals surface area contributed by atoms with Gasteiger partial charge in [0, 0.05) is 31.9 Å². The summed E-state index contributed by atoms with van der Waals surface area (Å²) in [5.74, 6) is 0.848. The SMILES string of the molecule is CNC1CCN(Cc2ccnn2-c2ccccc2OC)CC1. The fourth-order valence-electron chi connectivity index (χ4n) is 3.08. The highest BCUT2D eigenvalue weighted by Gasteiger charge is 2.19. The zero-order valence-corrected chi connectivity index (χ0v) is 13.3. The molecule has 118 valence electrons. The van der Waals surface area contributed by atoms with Gasteiger partial charge in [0.25, 0.3) is 0 Å². The van der Waals surface area contributed by atoms with E-state index in [1.165, 1.54) is 18.5 Å². The predicted octanol–water partition coefficient (Wildman–Crippen LogP) is 2.06. The molecule has 0 bridgehead atoms. The molecule has 5 heteroatoms. The Bertz CT molecular complexity index is 602. The standard InChI is InChI=1S/C17H24N4O/c1-18-14-8-11-20(12-9-14)13-15-7-10-19-21(15)16-5-3-4-6-17(16)22-2/h3-7,10,14,18H,8-9,11-13H2,1-2H3. The monoisotopic (exact) mass is 300 g/mol. The van der Waals surface area contributed by atoms with Crippen molar-refractivity contribution in [1.29, 1.82) is 0 Å². The van der Waals surface area contributed by atoms with Gasteiger partial charge in [0.15, 0.2) is 0 Å². The van der Waals surface area contributed by atoms with Gasteiger partial charge in [-0.25, -0.2) is 4.68 Å². The fourth-order valence-corrected chi connectivity index (χ4v) is 3.08. The van der Waals surface area contributed by atoms with Crippen LogP contribution in [-0.2, 0) is 6.54 Å². The number of hydrogen-bond donors (Lipinski definition) is 1. The lowest BCUT2D eigenvalue weighted by atomic mass is 10.1. The molecule has 2 aromatic rings. The minimum atomic E-state index is 0.662. The van der Waals surface area contributed by atoms with Crippen LogP contribution in [0.25, 0.3) is 5.69 Å². The lowest BCUT2D eigenvalue weighted by molar-refractivity contribution is 0.191. The first-order valence-electron chi connectivity index (χ1n) is 7.87. The normalized spacial score (nSPS) is 16.8. The molecule has 0 atom stereocenters. The molecule has 1 aliphatic heterocycles. The van der Waals surface area contributed by atoms with Crippen molar-refractivity contribution < 1.29 is 4.74 Å². The van der Waals surface area contributed by atoms with E-state index < -0.39 is 0 Å². The number of piperidine rings is 1. The minimum Gasteiger partial charge on any atom is -0.494 e. The summed E-state index contributed by atoms with van der Waals surface area (Å²) in [6, 6.07) is 10.8. The van der Waals surface area contributed by atoms with Gasteiger partial charge in [-0.15, -0.1) is 0 Å². The summed E-state index contributed by atoms with van der Waals surface area (Å²) in [5.41, 5.74) is 2.20. The topological polar surface area (TPSA) is 42.3 Å². The fraction of sp³-hybridized carbons (Fsp3) is 0.471. The Hall–Kier alpha value is -1.85. The third-order valence-electron chi connectivity index (χ3n) is 4.42. The quantitative estimate of drug-likeness (QED) is 0.918. The van der Waals surface area contributed by atoms with Crippen molar-refractivity contribution >= 4 is 0 Å². The average molecular weight is 300 g/mol. The van der Waals surface area contributed by atoms with Gasteiger partial charge in [-0.2, -0.15) is 5.10 Å². The highest BCUT2D eigenvalue weighted by molar-refractivity contribution is 5.46. The lowest BCUT2D eigenvalue weighted by Crippen LogP contribution is -2.41. The van der Waals surface area contributed by atoms with E-state index in [-0.39, 0.29) is 0 Å². The molecule has 0 unspecified atom stereocenters. The van der Waals surface area contributed by atoms with Gasteiger partial charge >= 0.3 is 0 Å². The second-order valence-electron chi connectivity index (χ2n) is 5.75. The molecule has 1 aromatic carbocycles. The van der Waals surface area contributed by atoms with Gasteiger partial charge in [-0.3, -0.25) is 4.90 Å². The summed E-state index contributed by atoms with van der Waals surface area (Å²) >= 11 is 0.